The van der Waals surface area contributed by atoms with Crippen LogP contribution in [0.3, 0.4) is 0 Å². The van der Waals surface area contributed by atoms with E-state index in [-0.39, 0.29) is 5.91 Å². The highest BCUT2D eigenvalue weighted by atomic mass is 79.9. The molecule has 3 aromatic carbocycles. The van der Waals surface area contributed by atoms with Crippen LogP contribution in [0.2, 0.25) is 0 Å². The summed E-state index contributed by atoms with van der Waals surface area (Å²) in [6.45, 7) is 7.29. The minimum atomic E-state index is -0.208. The molecule has 0 bridgehead atoms. The van der Waals surface area contributed by atoms with Gasteiger partial charge in [0.25, 0.3) is 5.91 Å². The zero-order valence-corrected chi connectivity index (χ0v) is 24.2. The third kappa shape index (κ3) is 6.94. The van der Waals surface area contributed by atoms with Crippen molar-refractivity contribution in [1.29, 1.82) is 0 Å². The van der Waals surface area contributed by atoms with Crippen LogP contribution in [-0.2, 0) is 13.0 Å². The summed E-state index contributed by atoms with van der Waals surface area (Å²) < 4.78 is 3.21. The van der Waals surface area contributed by atoms with Crippen LogP contribution in [0.1, 0.15) is 51.3 Å². The lowest BCUT2D eigenvalue weighted by Crippen LogP contribution is -2.33. The van der Waals surface area contributed by atoms with E-state index in [9.17, 15) is 4.79 Å². The van der Waals surface area contributed by atoms with Gasteiger partial charge in [0.15, 0.2) is 0 Å². The van der Waals surface area contributed by atoms with Crippen molar-refractivity contribution in [3.8, 4) is 5.69 Å². The molecule has 6 heteroatoms. The maximum atomic E-state index is 12.7. The number of aryl methyl sites for hydroxylation is 1. The fraction of sp³-hybridized carbons (Fsp3) is 0.273. The summed E-state index contributed by atoms with van der Waals surface area (Å²) in [5.41, 5.74) is 10.2. The molecule has 0 saturated carbocycles. The summed E-state index contributed by atoms with van der Waals surface area (Å²) in [5.74, 6) is 0.558. The van der Waals surface area contributed by atoms with Crippen molar-refractivity contribution >= 4 is 28.1 Å². The number of aromatic nitrogens is 1. The lowest BCUT2D eigenvalue weighted by atomic mass is 9.90. The molecule has 1 aliphatic heterocycles. The number of nitrogens with one attached hydrogen (secondary N) is 1. The van der Waals surface area contributed by atoms with Gasteiger partial charge in [-0.3, -0.25) is 9.69 Å². The summed E-state index contributed by atoms with van der Waals surface area (Å²) >= 11 is 3.55. The van der Waals surface area contributed by atoms with Gasteiger partial charge < -0.3 is 4.57 Å². The molecular weight excluding hydrogens is 548 g/mol. The average Bonchev–Trinajstić information content (AvgIpc) is 3.23. The number of piperidine rings is 1. The Hall–Kier alpha value is -3.48. The maximum absolute atomic E-state index is 12.7. The molecule has 0 spiro atoms. The normalized spacial score (nSPS) is 14.6. The van der Waals surface area contributed by atoms with Crippen molar-refractivity contribution in [3.05, 3.63) is 123 Å². The van der Waals surface area contributed by atoms with E-state index in [0.29, 0.717) is 5.56 Å². The fourth-order valence-electron chi connectivity index (χ4n) is 5.47. The van der Waals surface area contributed by atoms with Gasteiger partial charge in [-0.05, 0) is 99.6 Å². The van der Waals surface area contributed by atoms with Crippen molar-refractivity contribution in [2.45, 2.75) is 39.7 Å². The summed E-state index contributed by atoms with van der Waals surface area (Å²) in [6.07, 6.45) is 5.36. The van der Waals surface area contributed by atoms with Crippen LogP contribution in [0, 0.1) is 19.8 Å². The number of halogens is 1. The standard InChI is InChI=1S/C33H35BrN4O/c1-24-19-30(25(2)38(24)32-10-6-9-31(34)21-32)22-35-36-33(39)29-13-11-28(12-14-29)23-37-17-15-27(16-18-37)20-26-7-4-3-5-8-26/h3-14,19,21-22,27H,15-18,20,23H2,1-2H3,(H,36,39)/b35-22-. The van der Waals surface area contributed by atoms with E-state index in [1.807, 2.05) is 24.3 Å². The Bertz CT molecular complexity index is 1430. The van der Waals surface area contributed by atoms with E-state index in [0.717, 1.165) is 52.7 Å². The monoisotopic (exact) mass is 582 g/mol. The second-order valence-corrected chi connectivity index (χ2v) is 11.4. The van der Waals surface area contributed by atoms with Gasteiger partial charge in [-0.15, -0.1) is 0 Å². The predicted octanol–water partition coefficient (Wildman–Crippen LogP) is 7.08. The van der Waals surface area contributed by atoms with Crippen LogP contribution >= 0.6 is 15.9 Å². The SMILES string of the molecule is Cc1cc(/C=N\NC(=O)c2ccc(CN3CCC(Cc4ccccc4)CC3)cc2)c(C)n1-c1cccc(Br)c1. The number of carbonyl (C=O) groups excluding carboxylic acids is 1. The Morgan fingerprint density at radius 2 is 1.69 bits per heavy atom. The van der Waals surface area contributed by atoms with E-state index in [1.165, 1.54) is 30.4 Å². The second-order valence-electron chi connectivity index (χ2n) is 10.4. The van der Waals surface area contributed by atoms with E-state index >= 15 is 0 Å². The molecule has 1 amide bonds. The lowest BCUT2D eigenvalue weighted by molar-refractivity contribution is 0.0955. The Morgan fingerprint density at radius 1 is 0.949 bits per heavy atom. The molecule has 0 atom stereocenters. The highest BCUT2D eigenvalue weighted by molar-refractivity contribution is 9.10. The first-order valence-corrected chi connectivity index (χ1v) is 14.4. The maximum Gasteiger partial charge on any atom is 0.271 e. The van der Waals surface area contributed by atoms with Crippen molar-refractivity contribution in [1.82, 2.24) is 14.9 Å². The number of hydrazone groups is 1. The first-order chi connectivity index (χ1) is 19.0. The largest absolute Gasteiger partial charge is 0.318 e. The third-order valence-electron chi connectivity index (χ3n) is 7.60. The first-order valence-electron chi connectivity index (χ1n) is 13.6. The van der Waals surface area contributed by atoms with Gasteiger partial charge >= 0.3 is 0 Å². The number of hydrogen-bond donors (Lipinski definition) is 1. The zero-order valence-electron chi connectivity index (χ0n) is 22.6. The smallest absolute Gasteiger partial charge is 0.271 e. The number of benzene rings is 3. The molecular formula is C33H35BrN4O. The molecule has 1 saturated heterocycles. The minimum absolute atomic E-state index is 0.208. The van der Waals surface area contributed by atoms with Crippen LogP contribution in [0.25, 0.3) is 5.69 Å². The number of amides is 1. The topological polar surface area (TPSA) is 49.6 Å². The number of nitrogens with zero attached hydrogens (tertiary/aromatic N) is 3. The van der Waals surface area contributed by atoms with Crippen molar-refractivity contribution < 1.29 is 4.79 Å². The van der Waals surface area contributed by atoms with E-state index in [2.05, 4.69) is 110 Å². The Balaban J connectivity index is 1.12. The molecule has 5 nitrogen and oxygen atoms in total. The molecule has 1 fully saturated rings. The van der Waals surface area contributed by atoms with Crippen molar-refractivity contribution in [3.63, 3.8) is 0 Å². The number of hydrogen-bond acceptors (Lipinski definition) is 3. The van der Waals surface area contributed by atoms with Gasteiger partial charge in [-0.25, -0.2) is 5.43 Å². The van der Waals surface area contributed by atoms with Crippen LogP contribution in [0.15, 0.2) is 94.5 Å². The average molecular weight is 584 g/mol. The quantitative estimate of drug-likeness (QED) is 0.178. The van der Waals surface area contributed by atoms with E-state index in [1.54, 1.807) is 6.21 Å². The van der Waals surface area contributed by atoms with Gasteiger partial charge in [0.05, 0.1) is 6.21 Å². The molecule has 1 N–H and O–H groups in total. The third-order valence-corrected chi connectivity index (χ3v) is 8.10. The molecule has 0 aliphatic carbocycles. The lowest BCUT2D eigenvalue weighted by Gasteiger charge is -2.32. The Labute approximate surface area is 239 Å². The summed E-state index contributed by atoms with van der Waals surface area (Å²) in [5, 5.41) is 4.24. The summed E-state index contributed by atoms with van der Waals surface area (Å²) in [7, 11) is 0. The molecule has 0 unspecified atom stereocenters. The highest BCUT2D eigenvalue weighted by Crippen LogP contribution is 2.24. The summed E-state index contributed by atoms with van der Waals surface area (Å²) in [4.78, 5) is 15.2. The number of carbonyl (C=O) groups is 1. The predicted molar refractivity (Wildman–Crippen MR) is 163 cm³/mol. The molecule has 200 valence electrons. The molecule has 1 aliphatic rings. The van der Waals surface area contributed by atoms with Crippen LogP contribution in [-0.4, -0.2) is 34.7 Å². The van der Waals surface area contributed by atoms with Gasteiger partial charge in [-0.2, -0.15) is 5.10 Å². The Kier molecular flexibility index (Phi) is 8.74. The van der Waals surface area contributed by atoms with E-state index in [4.69, 9.17) is 0 Å². The minimum Gasteiger partial charge on any atom is -0.318 e. The highest BCUT2D eigenvalue weighted by Gasteiger charge is 2.19. The van der Waals surface area contributed by atoms with Gasteiger partial charge in [0.1, 0.15) is 0 Å². The van der Waals surface area contributed by atoms with Crippen LogP contribution in [0.5, 0.6) is 0 Å². The zero-order chi connectivity index (χ0) is 27.2. The molecule has 4 aromatic rings. The van der Waals surface area contributed by atoms with Crippen LogP contribution in [0.4, 0.5) is 0 Å². The van der Waals surface area contributed by atoms with Gasteiger partial charge in [0, 0.05) is 39.2 Å². The molecule has 39 heavy (non-hydrogen) atoms. The number of likely N-dealkylation sites (tertiary alicyclic amines) is 1. The van der Waals surface area contributed by atoms with Crippen molar-refractivity contribution in [2.24, 2.45) is 11.0 Å². The molecule has 5 rings (SSSR count). The number of rotatable bonds is 8. The van der Waals surface area contributed by atoms with Crippen molar-refractivity contribution in [2.75, 3.05) is 13.1 Å². The summed E-state index contributed by atoms with van der Waals surface area (Å²) in [6, 6.07) is 29.0. The van der Waals surface area contributed by atoms with Crippen LogP contribution < -0.4 is 5.43 Å². The molecule has 1 aromatic heterocycles. The van der Waals surface area contributed by atoms with Gasteiger partial charge in [0.2, 0.25) is 0 Å². The van der Waals surface area contributed by atoms with Gasteiger partial charge in [-0.1, -0.05) is 64.5 Å². The fourth-order valence-corrected chi connectivity index (χ4v) is 5.86. The van der Waals surface area contributed by atoms with E-state index < -0.39 is 0 Å². The molecule has 2 heterocycles. The second kappa shape index (κ2) is 12.6. The first kappa shape index (κ1) is 27.1. The Morgan fingerprint density at radius 3 is 2.41 bits per heavy atom. The molecule has 0 radical (unpaired) electrons.